The SMILES string of the molecule is CC(=O)NNC(=O)CN1CCc2sccc2C1C(=O)O. The molecule has 108 valence electrons. The molecule has 7 nitrogen and oxygen atoms in total. The second-order valence-corrected chi connectivity index (χ2v) is 5.49. The lowest BCUT2D eigenvalue weighted by Gasteiger charge is -2.32. The Morgan fingerprint density at radius 3 is 2.85 bits per heavy atom. The number of amides is 2. The molecule has 1 unspecified atom stereocenters. The van der Waals surface area contributed by atoms with Gasteiger partial charge in [-0.05, 0) is 23.4 Å². The molecular weight excluding hydrogens is 282 g/mol. The molecule has 0 fully saturated rings. The van der Waals surface area contributed by atoms with E-state index in [1.54, 1.807) is 11.0 Å². The third-order valence-corrected chi connectivity index (χ3v) is 4.02. The van der Waals surface area contributed by atoms with Crippen molar-refractivity contribution in [3.63, 3.8) is 0 Å². The molecule has 0 saturated heterocycles. The number of aliphatic carboxylic acids is 1. The molecule has 0 bridgehead atoms. The number of nitrogens with zero attached hydrogens (tertiary/aromatic N) is 1. The number of carbonyl (C=O) groups excluding carboxylic acids is 2. The van der Waals surface area contributed by atoms with E-state index < -0.39 is 17.9 Å². The molecule has 2 amide bonds. The third kappa shape index (κ3) is 3.14. The standard InChI is InChI=1S/C12H15N3O4S/c1-7(16)13-14-10(17)6-15-4-2-9-8(3-5-20-9)11(15)12(18)19/h3,5,11H,2,4,6H2,1H3,(H,13,16)(H,14,17)(H,18,19). The van der Waals surface area contributed by atoms with Gasteiger partial charge in [0.2, 0.25) is 5.91 Å². The van der Waals surface area contributed by atoms with Crippen LogP contribution < -0.4 is 10.9 Å². The van der Waals surface area contributed by atoms with Crippen molar-refractivity contribution in [1.82, 2.24) is 15.8 Å². The lowest BCUT2D eigenvalue weighted by atomic mass is 10.00. The van der Waals surface area contributed by atoms with Gasteiger partial charge in [-0.15, -0.1) is 11.3 Å². The van der Waals surface area contributed by atoms with Gasteiger partial charge < -0.3 is 5.11 Å². The van der Waals surface area contributed by atoms with Gasteiger partial charge in [-0.1, -0.05) is 0 Å². The van der Waals surface area contributed by atoms with E-state index >= 15 is 0 Å². The molecule has 1 aromatic heterocycles. The summed E-state index contributed by atoms with van der Waals surface area (Å²) in [5, 5.41) is 11.2. The van der Waals surface area contributed by atoms with Crippen LogP contribution in [0.2, 0.25) is 0 Å². The van der Waals surface area contributed by atoms with Crippen LogP contribution in [0.5, 0.6) is 0 Å². The summed E-state index contributed by atoms with van der Waals surface area (Å²) in [6.45, 7) is 1.70. The minimum absolute atomic E-state index is 0.0769. The van der Waals surface area contributed by atoms with Gasteiger partial charge in [-0.25, -0.2) is 0 Å². The van der Waals surface area contributed by atoms with Crippen LogP contribution in [0, 0.1) is 0 Å². The first-order valence-electron chi connectivity index (χ1n) is 6.07. The average Bonchev–Trinajstić information content (AvgIpc) is 2.83. The number of fused-ring (bicyclic) bond motifs is 1. The van der Waals surface area contributed by atoms with Crippen molar-refractivity contribution in [2.75, 3.05) is 13.1 Å². The Morgan fingerprint density at radius 2 is 2.20 bits per heavy atom. The molecule has 1 aromatic rings. The minimum atomic E-state index is -0.975. The number of carbonyl (C=O) groups is 3. The van der Waals surface area contributed by atoms with Crippen molar-refractivity contribution in [2.24, 2.45) is 0 Å². The van der Waals surface area contributed by atoms with E-state index in [2.05, 4.69) is 10.9 Å². The molecule has 3 N–H and O–H groups in total. The van der Waals surface area contributed by atoms with Crippen LogP contribution in [0.4, 0.5) is 0 Å². The molecule has 2 heterocycles. The first-order valence-corrected chi connectivity index (χ1v) is 6.95. The van der Waals surface area contributed by atoms with E-state index in [9.17, 15) is 19.5 Å². The minimum Gasteiger partial charge on any atom is -0.480 e. The number of nitrogens with one attached hydrogen (secondary N) is 2. The summed E-state index contributed by atoms with van der Waals surface area (Å²) in [4.78, 5) is 36.5. The second kappa shape index (κ2) is 6.02. The number of rotatable bonds is 3. The van der Waals surface area contributed by atoms with Crippen LogP contribution in [0.25, 0.3) is 0 Å². The molecule has 1 aliphatic rings. The van der Waals surface area contributed by atoms with Crippen molar-refractivity contribution in [2.45, 2.75) is 19.4 Å². The van der Waals surface area contributed by atoms with Crippen molar-refractivity contribution in [1.29, 1.82) is 0 Å². The van der Waals surface area contributed by atoms with Crippen LogP contribution >= 0.6 is 11.3 Å². The summed E-state index contributed by atoms with van der Waals surface area (Å²) >= 11 is 1.53. The number of hydrogen-bond acceptors (Lipinski definition) is 5. The largest absolute Gasteiger partial charge is 0.480 e. The Labute approximate surface area is 119 Å². The molecule has 8 heteroatoms. The predicted octanol–water partition coefficient (Wildman–Crippen LogP) is -0.101. The van der Waals surface area contributed by atoms with Gasteiger partial charge in [0.15, 0.2) is 0 Å². The monoisotopic (exact) mass is 297 g/mol. The summed E-state index contributed by atoms with van der Waals surface area (Å²) in [6.07, 6.45) is 0.726. The third-order valence-electron chi connectivity index (χ3n) is 3.02. The maximum atomic E-state index is 11.7. The summed E-state index contributed by atoms with van der Waals surface area (Å²) in [5.41, 5.74) is 5.17. The number of hydrazine groups is 1. The molecule has 0 aromatic carbocycles. The number of carboxylic acids is 1. The summed E-state index contributed by atoms with van der Waals surface area (Å²) in [7, 11) is 0. The predicted molar refractivity (Wildman–Crippen MR) is 71.9 cm³/mol. The number of carboxylic acid groups (broad SMARTS) is 1. The Hall–Kier alpha value is -1.93. The smallest absolute Gasteiger partial charge is 0.325 e. The van der Waals surface area contributed by atoms with Crippen molar-refractivity contribution in [3.8, 4) is 0 Å². The zero-order valence-electron chi connectivity index (χ0n) is 10.9. The van der Waals surface area contributed by atoms with Gasteiger partial charge in [0.25, 0.3) is 5.91 Å². The quantitative estimate of drug-likeness (QED) is 0.677. The Bertz CT molecular complexity index is 543. The lowest BCUT2D eigenvalue weighted by Crippen LogP contribution is -2.49. The van der Waals surface area contributed by atoms with Crippen molar-refractivity contribution < 1.29 is 19.5 Å². The van der Waals surface area contributed by atoms with E-state index in [4.69, 9.17) is 0 Å². The fourth-order valence-electron chi connectivity index (χ4n) is 2.21. The van der Waals surface area contributed by atoms with Gasteiger partial charge in [-0.2, -0.15) is 0 Å². The zero-order chi connectivity index (χ0) is 14.7. The molecule has 1 aliphatic heterocycles. The fraction of sp³-hybridized carbons (Fsp3) is 0.417. The molecule has 2 rings (SSSR count). The van der Waals surface area contributed by atoms with E-state index in [1.165, 1.54) is 18.3 Å². The van der Waals surface area contributed by atoms with Gasteiger partial charge >= 0.3 is 5.97 Å². The maximum Gasteiger partial charge on any atom is 0.325 e. The van der Waals surface area contributed by atoms with Crippen molar-refractivity contribution >= 4 is 29.1 Å². The van der Waals surface area contributed by atoms with Crippen LogP contribution in [-0.4, -0.2) is 40.9 Å². The van der Waals surface area contributed by atoms with Crippen LogP contribution in [0.3, 0.4) is 0 Å². The van der Waals surface area contributed by atoms with E-state index in [0.717, 1.165) is 16.9 Å². The van der Waals surface area contributed by atoms with Gasteiger partial charge in [-0.3, -0.25) is 30.1 Å². The van der Waals surface area contributed by atoms with E-state index in [-0.39, 0.29) is 12.5 Å². The first-order chi connectivity index (χ1) is 9.49. The highest BCUT2D eigenvalue weighted by atomic mass is 32.1. The summed E-state index contributed by atoms with van der Waals surface area (Å²) in [5.74, 6) is -1.80. The highest BCUT2D eigenvalue weighted by Gasteiger charge is 2.34. The summed E-state index contributed by atoms with van der Waals surface area (Å²) < 4.78 is 0. The molecule has 0 saturated carbocycles. The molecule has 20 heavy (non-hydrogen) atoms. The lowest BCUT2D eigenvalue weighted by molar-refractivity contribution is -0.145. The molecule has 0 spiro atoms. The number of hydrogen-bond donors (Lipinski definition) is 3. The van der Waals surface area contributed by atoms with Crippen LogP contribution in [0.15, 0.2) is 11.4 Å². The topological polar surface area (TPSA) is 98.7 Å². The van der Waals surface area contributed by atoms with E-state index in [0.29, 0.717) is 6.54 Å². The highest BCUT2D eigenvalue weighted by Crippen LogP contribution is 2.33. The molecule has 0 aliphatic carbocycles. The Morgan fingerprint density at radius 1 is 1.45 bits per heavy atom. The summed E-state index contributed by atoms with van der Waals surface area (Å²) in [6, 6.07) is 0.976. The van der Waals surface area contributed by atoms with Gasteiger partial charge in [0.1, 0.15) is 6.04 Å². The van der Waals surface area contributed by atoms with Crippen LogP contribution in [-0.2, 0) is 20.8 Å². The molecule has 1 atom stereocenters. The zero-order valence-corrected chi connectivity index (χ0v) is 11.7. The first kappa shape index (κ1) is 14.5. The van der Waals surface area contributed by atoms with Gasteiger partial charge in [0, 0.05) is 18.3 Å². The van der Waals surface area contributed by atoms with E-state index in [1.807, 2.05) is 5.38 Å². The average molecular weight is 297 g/mol. The molecular formula is C12H15N3O4S. The normalized spacial score (nSPS) is 18.1. The molecule has 0 radical (unpaired) electrons. The maximum absolute atomic E-state index is 11.7. The van der Waals surface area contributed by atoms with Crippen molar-refractivity contribution in [3.05, 3.63) is 21.9 Å². The van der Waals surface area contributed by atoms with Gasteiger partial charge in [0.05, 0.1) is 6.54 Å². The Balaban J connectivity index is 2.06. The highest BCUT2D eigenvalue weighted by molar-refractivity contribution is 7.10. The Kier molecular flexibility index (Phi) is 4.35. The van der Waals surface area contributed by atoms with Crippen LogP contribution in [0.1, 0.15) is 23.4 Å². The number of thiophene rings is 1. The second-order valence-electron chi connectivity index (χ2n) is 4.49. The fourth-order valence-corrected chi connectivity index (χ4v) is 3.11.